The zero-order chi connectivity index (χ0) is 19.6. The number of esters is 1. The predicted octanol–water partition coefficient (Wildman–Crippen LogP) is 4.28. The molecule has 0 saturated heterocycles. The zero-order valence-electron chi connectivity index (χ0n) is 14.4. The Morgan fingerprint density at radius 3 is 2.54 bits per heavy atom. The van der Waals surface area contributed by atoms with Crippen molar-refractivity contribution in [3.8, 4) is 0 Å². The Balaban J connectivity index is 2.26. The first-order chi connectivity index (χ1) is 12.2. The van der Waals surface area contributed by atoms with Gasteiger partial charge in [0.1, 0.15) is 0 Å². The molecule has 0 aliphatic carbocycles. The highest BCUT2D eigenvalue weighted by molar-refractivity contribution is 6.31. The fraction of sp³-hybridized carbons (Fsp3) is 0.529. The second kappa shape index (κ2) is 10.9. The van der Waals surface area contributed by atoms with E-state index in [-0.39, 0.29) is 17.5 Å². The van der Waals surface area contributed by atoms with Gasteiger partial charge in [-0.1, -0.05) is 24.1 Å². The van der Waals surface area contributed by atoms with Crippen LogP contribution in [0.15, 0.2) is 18.2 Å². The number of nitrogens with one attached hydrogen (secondary N) is 2. The number of halogens is 4. The molecular weight excluding hydrogens is 373 g/mol. The lowest BCUT2D eigenvalue weighted by Crippen LogP contribution is -2.35. The first-order valence-corrected chi connectivity index (χ1v) is 8.64. The van der Waals surface area contributed by atoms with E-state index in [2.05, 4.69) is 10.6 Å². The van der Waals surface area contributed by atoms with Gasteiger partial charge in [0.15, 0.2) is 0 Å². The lowest BCUT2D eigenvalue weighted by molar-refractivity contribution is -0.143. The van der Waals surface area contributed by atoms with Gasteiger partial charge in [0.25, 0.3) is 0 Å². The van der Waals surface area contributed by atoms with E-state index in [1.165, 1.54) is 6.07 Å². The van der Waals surface area contributed by atoms with Gasteiger partial charge in [-0.05, 0) is 37.5 Å². The minimum atomic E-state index is -4.54. The van der Waals surface area contributed by atoms with E-state index < -0.39 is 17.8 Å². The van der Waals surface area contributed by atoms with Crippen LogP contribution in [0.2, 0.25) is 5.02 Å². The lowest BCUT2D eigenvalue weighted by Gasteiger charge is -2.12. The minimum Gasteiger partial charge on any atom is -0.466 e. The molecule has 1 aromatic carbocycles. The highest BCUT2D eigenvalue weighted by Crippen LogP contribution is 2.35. The molecular formula is C17H22ClF3N2O3. The first-order valence-electron chi connectivity index (χ1n) is 8.27. The number of rotatable bonds is 9. The van der Waals surface area contributed by atoms with E-state index >= 15 is 0 Å². The number of amides is 2. The second-order valence-electron chi connectivity index (χ2n) is 5.54. The fourth-order valence-electron chi connectivity index (χ4n) is 2.15. The van der Waals surface area contributed by atoms with Gasteiger partial charge in [0, 0.05) is 19.5 Å². The quantitative estimate of drug-likeness (QED) is 0.485. The summed E-state index contributed by atoms with van der Waals surface area (Å²) >= 11 is 5.54. The molecule has 9 heteroatoms. The van der Waals surface area contributed by atoms with Crippen molar-refractivity contribution in [2.24, 2.45) is 0 Å². The normalized spacial score (nSPS) is 11.1. The zero-order valence-corrected chi connectivity index (χ0v) is 15.2. The van der Waals surface area contributed by atoms with Crippen LogP contribution in [0.4, 0.5) is 18.0 Å². The van der Waals surface area contributed by atoms with E-state index in [4.69, 9.17) is 16.3 Å². The maximum atomic E-state index is 12.8. The summed E-state index contributed by atoms with van der Waals surface area (Å²) in [6, 6.07) is 3.02. The molecule has 0 heterocycles. The maximum Gasteiger partial charge on any atom is 0.417 e. The average molecular weight is 395 g/mol. The van der Waals surface area contributed by atoms with Crippen LogP contribution in [0, 0.1) is 0 Å². The second-order valence-corrected chi connectivity index (χ2v) is 5.94. The number of carbonyl (C=O) groups excluding carboxylic acids is 2. The summed E-state index contributed by atoms with van der Waals surface area (Å²) in [5.74, 6) is -0.237. The highest BCUT2D eigenvalue weighted by atomic mass is 35.5. The summed E-state index contributed by atoms with van der Waals surface area (Å²) in [6.07, 6.45) is -2.08. The molecule has 146 valence electrons. The molecule has 0 aliphatic rings. The van der Waals surface area contributed by atoms with Crippen molar-refractivity contribution in [3.05, 3.63) is 34.3 Å². The summed E-state index contributed by atoms with van der Waals surface area (Å²) < 4.78 is 43.1. The molecule has 0 unspecified atom stereocenters. The van der Waals surface area contributed by atoms with Crippen molar-refractivity contribution >= 4 is 23.6 Å². The molecule has 2 amide bonds. The summed E-state index contributed by atoms with van der Waals surface area (Å²) in [7, 11) is 0. The van der Waals surface area contributed by atoms with Gasteiger partial charge in [-0.2, -0.15) is 13.2 Å². The van der Waals surface area contributed by atoms with Crippen LogP contribution in [-0.2, 0) is 22.3 Å². The van der Waals surface area contributed by atoms with Crippen LogP contribution < -0.4 is 10.6 Å². The van der Waals surface area contributed by atoms with Crippen molar-refractivity contribution < 1.29 is 27.5 Å². The van der Waals surface area contributed by atoms with Crippen LogP contribution >= 0.6 is 11.6 Å². The molecule has 0 atom stereocenters. The molecule has 2 N–H and O–H groups in total. The Bertz CT molecular complexity index is 609. The van der Waals surface area contributed by atoms with Gasteiger partial charge in [0.05, 0.1) is 17.2 Å². The highest BCUT2D eigenvalue weighted by Gasteiger charge is 2.33. The molecule has 0 bridgehead atoms. The van der Waals surface area contributed by atoms with Crippen molar-refractivity contribution in [1.82, 2.24) is 10.6 Å². The Labute approximate surface area is 155 Å². The summed E-state index contributed by atoms with van der Waals surface area (Å²) in [5, 5.41) is 4.72. The molecule has 0 saturated carbocycles. The van der Waals surface area contributed by atoms with Crippen molar-refractivity contribution in [2.45, 2.75) is 45.3 Å². The summed E-state index contributed by atoms with van der Waals surface area (Å²) in [6.45, 7) is 2.46. The van der Waals surface area contributed by atoms with Crippen molar-refractivity contribution in [2.75, 3.05) is 13.2 Å². The third-order valence-electron chi connectivity index (χ3n) is 3.44. The number of unbranched alkanes of at least 4 members (excludes halogenated alkanes) is 2. The van der Waals surface area contributed by atoms with E-state index in [0.29, 0.717) is 38.0 Å². The van der Waals surface area contributed by atoms with E-state index in [0.717, 1.165) is 18.6 Å². The number of alkyl halides is 3. The first kappa shape index (κ1) is 22.1. The molecule has 0 aliphatic heterocycles. The molecule has 1 aromatic rings. The Hall–Kier alpha value is -1.96. The van der Waals surface area contributed by atoms with E-state index in [9.17, 15) is 22.8 Å². The number of benzene rings is 1. The monoisotopic (exact) mass is 394 g/mol. The summed E-state index contributed by atoms with van der Waals surface area (Å²) in [5.41, 5.74) is -0.633. The lowest BCUT2D eigenvalue weighted by atomic mass is 10.1. The molecule has 0 fully saturated rings. The average Bonchev–Trinajstić information content (AvgIpc) is 2.56. The molecule has 0 aromatic heterocycles. The van der Waals surface area contributed by atoms with Gasteiger partial charge in [-0.3, -0.25) is 4.79 Å². The fourth-order valence-corrected chi connectivity index (χ4v) is 2.38. The third-order valence-corrected chi connectivity index (χ3v) is 3.77. The molecule has 26 heavy (non-hydrogen) atoms. The number of ether oxygens (including phenoxy) is 1. The third kappa shape index (κ3) is 8.42. The number of hydrogen-bond donors (Lipinski definition) is 2. The predicted molar refractivity (Wildman–Crippen MR) is 91.8 cm³/mol. The number of carbonyl (C=O) groups is 2. The van der Waals surface area contributed by atoms with Gasteiger partial charge < -0.3 is 15.4 Å². The van der Waals surface area contributed by atoms with Gasteiger partial charge >= 0.3 is 18.2 Å². The van der Waals surface area contributed by atoms with Crippen LogP contribution in [0.25, 0.3) is 0 Å². The smallest absolute Gasteiger partial charge is 0.417 e. The molecule has 0 radical (unpaired) electrons. The van der Waals surface area contributed by atoms with Gasteiger partial charge in [-0.15, -0.1) is 0 Å². The van der Waals surface area contributed by atoms with Crippen molar-refractivity contribution in [3.63, 3.8) is 0 Å². The van der Waals surface area contributed by atoms with Crippen molar-refractivity contribution in [1.29, 1.82) is 0 Å². The molecule has 5 nitrogen and oxygen atoms in total. The maximum absolute atomic E-state index is 12.8. The van der Waals surface area contributed by atoms with Crippen LogP contribution in [0.1, 0.15) is 43.7 Å². The van der Waals surface area contributed by atoms with Crippen LogP contribution in [0.3, 0.4) is 0 Å². The van der Waals surface area contributed by atoms with Crippen LogP contribution in [0.5, 0.6) is 0 Å². The van der Waals surface area contributed by atoms with E-state index in [1.807, 2.05) is 0 Å². The van der Waals surface area contributed by atoms with Gasteiger partial charge in [0.2, 0.25) is 0 Å². The Morgan fingerprint density at radius 1 is 1.15 bits per heavy atom. The number of hydrogen-bond acceptors (Lipinski definition) is 3. The Kier molecular flexibility index (Phi) is 9.26. The minimum absolute atomic E-state index is 0.0467. The SMILES string of the molecule is CCOC(=O)CCCCCNC(=O)NCc1ccc(Cl)c(C(F)(F)F)c1. The number of urea groups is 1. The topological polar surface area (TPSA) is 67.4 Å². The van der Waals surface area contributed by atoms with E-state index in [1.54, 1.807) is 6.92 Å². The summed E-state index contributed by atoms with van der Waals surface area (Å²) in [4.78, 5) is 22.8. The Morgan fingerprint density at radius 2 is 1.88 bits per heavy atom. The van der Waals surface area contributed by atoms with Crippen LogP contribution in [-0.4, -0.2) is 25.2 Å². The molecule has 1 rings (SSSR count). The standard InChI is InChI=1S/C17H22ClF3N2O3/c1-2-26-15(24)6-4-3-5-9-22-16(25)23-11-12-7-8-14(18)13(10-12)17(19,20)21/h7-8,10H,2-6,9,11H2,1H3,(H2,22,23,25). The largest absolute Gasteiger partial charge is 0.466 e. The van der Waals surface area contributed by atoms with Gasteiger partial charge in [-0.25, -0.2) is 4.79 Å². The molecule has 0 spiro atoms.